The summed E-state index contributed by atoms with van der Waals surface area (Å²) in [5, 5.41) is 3.32. The predicted molar refractivity (Wildman–Crippen MR) is 69.5 cm³/mol. The molecule has 3 heterocycles. The normalized spacial score (nSPS) is 11.1. The molecule has 19 heavy (non-hydrogen) atoms. The molecule has 0 aliphatic heterocycles. The SMILES string of the molecule is Cc1c2c(=O)n(-c3ncccn3)[nH]c2cc(=O)n1C. The molecule has 0 saturated heterocycles. The van der Waals surface area contributed by atoms with Gasteiger partial charge in [0.15, 0.2) is 0 Å². The van der Waals surface area contributed by atoms with E-state index in [2.05, 4.69) is 15.1 Å². The molecule has 3 aromatic rings. The van der Waals surface area contributed by atoms with Crippen molar-refractivity contribution in [3.63, 3.8) is 0 Å². The molecule has 1 N–H and O–H groups in total. The van der Waals surface area contributed by atoms with E-state index in [1.165, 1.54) is 15.3 Å². The predicted octanol–water partition coefficient (Wildman–Crippen LogP) is 0.116. The van der Waals surface area contributed by atoms with Crippen molar-refractivity contribution in [1.29, 1.82) is 0 Å². The highest BCUT2D eigenvalue weighted by Crippen LogP contribution is 2.10. The van der Waals surface area contributed by atoms with Gasteiger partial charge in [0.25, 0.3) is 17.1 Å². The fourth-order valence-electron chi connectivity index (χ4n) is 2.01. The van der Waals surface area contributed by atoms with Crippen LogP contribution in [0.3, 0.4) is 0 Å². The molecule has 96 valence electrons. The molecule has 0 bridgehead atoms. The number of pyridine rings is 1. The van der Waals surface area contributed by atoms with Crippen LogP contribution in [0, 0.1) is 6.92 Å². The fraction of sp³-hybridized carbons (Fsp3) is 0.167. The summed E-state index contributed by atoms with van der Waals surface area (Å²) in [5.74, 6) is 0.248. The first-order chi connectivity index (χ1) is 9.09. The lowest BCUT2D eigenvalue weighted by Crippen LogP contribution is -2.20. The molecule has 0 amide bonds. The Morgan fingerprint density at radius 2 is 1.89 bits per heavy atom. The standard InChI is InChI=1S/C12H11N5O2/c1-7-10-8(6-9(18)16(7)2)15-17(11(10)19)12-13-4-3-5-14-12/h3-6,15H,1-2H3. The van der Waals surface area contributed by atoms with Crippen LogP contribution in [0.5, 0.6) is 0 Å². The molecule has 3 rings (SSSR count). The molecule has 7 nitrogen and oxygen atoms in total. The lowest BCUT2D eigenvalue weighted by atomic mass is 10.2. The summed E-state index contributed by atoms with van der Waals surface area (Å²) < 4.78 is 2.67. The van der Waals surface area contributed by atoms with Gasteiger partial charge in [-0.2, -0.15) is 4.68 Å². The van der Waals surface area contributed by atoms with Gasteiger partial charge in [0.2, 0.25) is 0 Å². The van der Waals surface area contributed by atoms with Crippen LogP contribution < -0.4 is 11.1 Å². The van der Waals surface area contributed by atoms with Gasteiger partial charge in [-0.25, -0.2) is 9.97 Å². The third kappa shape index (κ3) is 1.59. The van der Waals surface area contributed by atoms with E-state index in [0.29, 0.717) is 16.6 Å². The van der Waals surface area contributed by atoms with Crippen molar-refractivity contribution >= 4 is 10.9 Å². The number of fused-ring (bicyclic) bond motifs is 1. The van der Waals surface area contributed by atoms with Crippen LogP contribution in [0.2, 0.25) is 0 Å². The van der Waals surface area contributed by atoms with E-state index in [4.69, 9.17) is 0 Å². The molecule has 0 fully saturated rings. The van der Waals surface area contributed by atoms with Gasteiger partial charge in [-0.3, -0.25) is 14.7 Å². The molecule has 0 unspecified atom stereocenters. The Bertz CT molecular complexity index is 873. The number of rotatable bonds is 1. The zero-order valence-corrected chi connectivity index (χ0v) is 10.4. The third-order valence-electron chi connectivity index (χ3n) is 3.13. The van der Waals surface area contributed by atoms with E-state index >= 15 is 0 Å². The highest BCUT2D eigenvalue weighted by molar-refractivity contribution is 5.80. The number of H-pyrrole nitrogens is 1. The Kier molecular flexibility index (Phi) is 2.34. The van der Waals surface area contributed by atoms with Crippen molar-refractivity contribution < 1.29 is 0 Å². The molecule has 0 saturated carbocycles. The van der Waals surface area contributed by atoms with Gasteiger partial charge < -0.3 is 4.57 Å². The van der Waals surface area contributed by atoms with Gasteiger partial charge in [0.05, 0.1) is 10.9 Å². The Morgan fingerprint density at radius 1 is 1.21 bits per heavy atom. The van der Waals surface area contributed by atoms with Crippen molar-refractivity contribution in [2.24, 2.45) is 7.05 Å². The van der Waals surface area contributed by atoms with Crippen LogP contribution in [-0.2, 0) is 7.05 Å². The Hall–Kier alpha value is -2.70. The summed E-state index contributed by atoms with van der Waals surface area (Å²) in [6.45, 7) is 1.73. The van der Waals surface area contributed by atoms with E-state index in [1.807, 2.05) is 0 Å². The molecular weight excluding hydrogens is 246 g/mol. The van der Waals surface area contributed by atoms with Crippen molar-refractivity contribution in [3.05, 3.63) is 50.9 Å². The second-order valence-electron chi connectivity index (χ2n) is 4.22. The third-order valence-corrected chi connectivity index (χ3v) is 3.13. The van der Waals surface area contributed by atoms with Gasteiger partial charge in [0.1, 0.15) is 0 Å². The van der Waals surface area contributed by atoms with Gasteiger partial charge in [-0.15, -0.1) is 0 Å². The average Bonchev–Trinajstić information content (AvgIpc) is 2.74. The quantitative estimate of drug-likeness (QED) is 0.670. The van der Waals surface area contributed by atoms with Crippen molar-refractivity contribution in [1.82, 2.24) is 24.3 Å². The zero-order chi connectivity index (χ0) is 13.6. The topological polar surface area (TPSA) is 85.6 Å². The van der Waals surface area contributed by atoms with Crippen LogP contribution in [0.25, 0.3) is 16.9 Å². The Morgan fingerprint density at radius 3 is 2.58 bits per heavy atom. The van der Waals surface area contributed by atoms with Gasteiger partial charge in [-0.05, 0) is 13.0 Å². The van der Waals surface area contributed by atoms with Crippen LogP contribution in [0.4, 0.5) is 0 Å². The first-order valence-electron chi connectivity index (χ1n) is 5.68. The summed E-state index contributed by atoms with van der Waals surface area (Å²) in [7, 11) is 1.63. The molecule has 3 aromatic heterocycles. The minimum Gasteiger partial charge on any atom is -0.315 e. The van der Waals surface area contributed by atoms with E-state index < -0.39 is 0 Å². The van der Waals surface area contributed by atoms with Crippen molar-refractivity contribution in [2.75, 3.05) is 0 Å². The van der Waals surface area contributed by atoms with E-state index in [0.717, 1.165) is 0 Å². The lowest BCUT2D eigenvalue weighted by molar-refractivity contribution is 0.793. The molecule has 0 aliphatic rings. The van der Waals surface area contributed by atoms with E-state index in [-0.39, 0.29) is 17.1 Å². The summed E-state index contributed by atoms with van der Waals surface area (Å²) in [6.07, 6.45) is 3.10. The van der Waals surface area contributed by atoms with Crippen LogP contribution in [0.1, 0.15) is 5.69 Å². The number of aryl methyl sites for hydroxylation is 1. The smallest absolute Gasteiger partial charge is 0.283 e. The maximum Gasteiger partial charge on any atom is 0.283 e. The van der Waals surface area contributed by atoms with Crippen LogP contribution >= 0.6 is 0 Å². The van der Waals surface area contributed by atoms with Crippen LogP contribution in [-0.4, -0.2) is 24.3 Å². The average molecular weight is 257 g/mol. The maximum atomic E-state index is 12.3. The number of nitrogens with zero attached hydrogens (tertiary/aromatic N) is 4. The lowest BCUT2D eigenvalue weighted by Gasteiger charge is -2.01. The molecule has 0 aliphatic carbocycles. The second kappa shape index (κ2) is 3.91. The number of hydrogen-bond donors (Lipinski definition) is 1. The van der Waals surface area contributed by atoms with Gasteiger partial charge in [-0.1, -0.05) is 0 Å². The minimum atomic E-state index is -0.269. The van der Waals surface area contributed by atoms with Crippen molar-refractivity contribution in [2.45, 2.75) is 6.92 Å². The highest BCUT2D eigenvalue weighted by atomic mass is 16.1. The molecule has 0 radical (unpaired) electrons. The molecular formula is C12H11N5O2. The molecule has 0 atom stereocenters. The van der Waals surface area contributed by atoms with Gasteiger partial charge in [0, 0.05) is 31.2 Å². The van der Waals surface area contributed by atoms with Crippen LogP contribution in [0.15, 0.2) is 34.1 Å². The van der Waals surface area contributed by atoms with Crippen molar-refractivity contribution in [3.8, 4) is 5.95 Å². The fourth-order valence-corrected chi connectivity index (χ4v) is 2.01. The maximum absolute atomic E-state index is 12.3. The highest BCUT2D eigenvalue weighted by Gasteiger charge is 2.14. The van der Waals surface area contributed by atoms with E-state index in [9.17, 15) is 9.59 Å². The molecule has 7 heteroatoms. The minimum absolute atomic E-state index is 0.174. The number of aromatic amines is 1. The summed E-state index contributed by atoms with van der Waals surface area (Å²) >= 11 is 0. The number of hydrogen-bond acceptors (Lipinski definition) is 4. The first-order valence-corrected chi connectivity index (χ1v) is 5.68. The first kappa shape index (κ1) is 11.4. The monoisotopic (exact) mass is 257 g/mol. The Labute approximate surface area is 107 Å². The van der Waals surface area contributed by atoms with Gasteiger partial charge >= 0.3 is 0 Å². The Balaban J connectivity index is 2.43. The molecule has 0 spiro atoms. The summed E-state index contributed by atoms with van der Waals surface area (Å²) in [6, 6.07) is 3.06. The molecule has 0 aromatic carbocycles. The number of nitrogens with one attached hydrogen (secondary N) is 1. The summed E-state index contributed by atoms with van der Waals surface area (Å²) in [4.78, 5) is 32.1. The largest absolute Gasteiger partial charge is 0.315 e. The van der Waals surface area contributed by atoms with E-state index in [1.54, 1.807) is 32.4 Å². The second-order valence-corrected chi connectivity index (χ2v) is 4.22. The number of aromatic nitrogens is 5. The summed E-state index contributed by atoms with van der Waals surface area (Å²) in [5.41, 5.74) is 0.651. The zero-order valence-electron chi connectivity index (χ0n) is 10.4.